The molecule has 1 rings (SSSR count). The number of rotatable bonds is 14. The summed E-state index contributed by atoms with van der Waals surface area (Å²) >= 11 is 1.67. The quantitative estimate of drug-likeness (QED) is 0.365. The molecule has 3 heteroatoms. The molecule has 0 spiro atoms. The second-order valence-corrected chi connectivity index (χ2v) is 7.30. The number of hydrogen-bond acceptors (Lipinski definition) is 3. The molecule has 0 saturated heterocycles. The summed E-state index contributed by atoms with van der Waals surface area (Å²) in [4.78, 5) is 0. The van der Waals surface area contributed by atoms with Gasteiger partial charge in [-0.2, -0.15) is 0 Å². The van der Waals surface area contributed by atoms with E-state index >= 15 is 0 Å². The highest BCUT2D eigenvalue weighted by molar-refractivity contribution is 7.08. The van der Waals surface area contributed by atoms with E-state index in [0.717, 1.165) is 24.7 Å². The third kappa shape index (κ3) is 8.10. The molecule has 0 bridgehead atoms. The van der Waals surface area contributed by atoms with E-state index < -0.39 is 0 Å². The summed E-state index contributed by atoms with van der Waals surface area (Å²) in [6.07, 6.45) is 10.0. The zero-order chi connectivity index (χ0) is 16.9. The van der Waals surface area contributed by atoms with Gasteiger partial charge in [0.1, 0.15) is 0 Å². The van der Waals surface area contributed by atoms with E-state index in [4.69, 9.17) is 9.47 Å². The Kier molecular flexibility index (Phi) is 11.2. The second-order valence-electron chi connectivity index (χ2n) is 6.56. The molecule has 0 fully saturated rings. The Morgan fingerprint density at radius 1 is 0.783 bits per heavy atom. The molecule has 2 unspecified atom stereocenters. The van der Waals surface area contributed by atoms with Crippen LogP contribution in [-0.4, -0.2) is 13.2 Å². The van der Waals surface area contributed by atoms with Crippen molar-refractivity contribution in [2.75, 3.05) is 13.2 Å². The molecule has 2 nitrogen and oxygen atoms in total. The fourth-order valence-corrected chi connectivity index (χ4v) is 3.38. The van der Waals surface area contributed by atoms with Gasteiger partial charge in [0.25, 0.3) is 0 Å². The van der Waals surface area contributed by atoms with Gasteiger partial charge in [-0.05, 0) is 24.7 Å². The van der Waals surface area contributed by atoms with Crippen LogP contribution in [0.2, 0.25) is 0 Å². The van der Waals surface area contributed by atoms with Crippen LogP contribution in [0, 0.1) is 11.8 Å². The van der Waals surface area contributed by atoms with Crippen molar-refractivity contribution in [3.05, 3.63) is 10.8 Å². The Hall–Kier alpha value is -0.700. The van der Waals surface area contributed by atoms with Crippen LogP contribution in [0.5, 0.6) is 11.5 Å². The lowest BCUT2D eigenvalue weighted by Crippen LogP contribution is -2.13. The largest absolute Gasteiger partial charge is 0.489 e. The van der Waals surface area contributed by atoms with E-state index in [2.05, 4.69) is 38.5 Å². The number of hydrogen-bond donors (Lipinski definition) is 0. The molecule has 0 aromatic carbocycles. The summed E-state index contributed by atoms with van der Waals surface area (Å²) < 4.78 is 12.1. The topological polar surface area (TPSA) is 18.5 Å². The minimum Gasteiger partial charge on any atom is -0.489 e. The average molecular weight is 341 g/mol. The van der Waals surface area contributed by atoms with Crippen LogP contribution in [0.25, 0.3) is 0 Å². The number of ether oxygens (including phenoxy) is 2. The molecule has 1 aromatic rings. The number of thiophene rings is 1. The minimum atomic E-state index is 0.663. The van der Waals surface area contributed by atoms with Crippen molar-refractivity contribution in [1.29, 1.82) is 0 Å². The van der Waals surface area contributed by atoms with E-state index in [1.165, 1.54) is 51.4 Å². The molecule has 0 aliphatic carbocycles. The minimum absolute atomic E-state index is 0.663. The van der Waals surface area contributed by atoms with E-state index in [1.54, 1.807) is 11.3 Å². The summed E-state index contributed by atoms with van der Waals surface area (Å²) in [6.45, 7) is 10.7. The zero-order valence-corrected chi connectivity index (χ0v) is 16.4. The second kappa shape index (κ2) is 12.7. The van der Waals surface area contributed by atoms with Gasteiger partial charge in [-0.1, -0.05) is 66.2 Å². The summed E-state index contributed by atoms with van der Waals surface area (Å²) in [5, 5.41) is 4.16. The normalized spacial score (nSPS) is 13.7. The first-order chi connectivity index (χ1) is 11.2. The average Bonchev–Trinajstić information content (AvgIpc) is 3.03. The van der Waals surface area contributed by atoms with Gasteiger partial charge in [-0.3, -0.25) is 0 Å². The summed E-state index contributed by atoms with van der Waals surface area (Å²) in [5.74, 6) is 3.21. The van der Waals surface area contributed by atoms with Crippen LogP contribution in [0.3, 0.4) is 0 Å². The van der Waals surface area contributed by atoms with Gasteiger partial charge in [0, 0.05) is 10.8 Å². The summed E-state index contributed by atoms with van der Waals surface area (Å²) in [6, 6.07) is 0. The van der Waals surface area contributed by atoms with Crippen molar-refractivity contribution in [2.45, 2.75) is 79.1 Å². The first kappa shape index (κ1) is 20.3. The van der Waals surface area contributed by atoms with E-state index in [0.29, 0.717) is 11.8 Å². The molecule has 1 heterocycles. The van der Waals surface area contributed by atoms with Gasteiger partial charge >= 0.3 is 0 Å². The van der Waals surface area contributed by atoms with E-state index in [9.17, 15) is 0 Å². The fraction of sp³-hybridized carbons (Fsp3) is 0.800. The highest BCUT2D eigenvalue weighted by atomic mass is 32.1. The zero-order valence-electron chi connectivity index (χ0n) is 15.6. The van der Waals surface area contributed by atoms with Gasteiger partial charge in [0.05, 0.1) is 13.2 Å². The predicted octanol–water partition coefficient (Wildman–Crippen LogP) is 6.94. The van der Waals surface area contributed by atoms with Gasteiger partial charge in [-0.25, -0.2) is 0 Å². The van der Waals surface area contributed by atoms with Crippen molar-refractivity contribution in [3.63, 3.8) is 0 Å². The molecule has 1 aromatic heterocycles. The van der Waals surface area contributed by atoms with Crippen molar-refractivity contribution in [2.24, 2.45) is 11.8 Å². The van der Waals surface area contributed by atoms with Gasteiger partial charge in [-0.15, -0.1) is 11.3 Å². The Labute approximate surface area is 147 Å². The maximum Gasteiger partial charge on any atom is 0.171 e. The van der Waals surface area contributed by atoms with Crippen molar-refractivity contribution >= 4 is 11.3 Å². The number of unbranched alkanes of at least 4 members (excludes halogenated alkanes) is 2. The highest BCUT2D eigenvalue weighted by Gasteiger charge is 2.13. The predicted molar refractivity (Wildman–Crippen MR) is 102 cm³/mol. The maximum absolute atomic E-state index is 6.06. The maximum atomic E-state index is 6.06. The first-order valence-electron chi connectivity index (χ1n) is 9.56. The fourth-order valence-electron chi connectivity index (χ4n) is 2.70. The van der Waals surface area contributed by atoms with Crippen molar-refractivity contribution in [1.82, 2.24) is 0 Å². The molecule has 23 heavy (non-hydrogen) atoms. The monoisotopic (exact) mass is 340 g/mol. The van der Waals surface area contributed by atoms with Crippen LogP contribution in [0.15, 0.2) is 10.8 Å². The highest BCUT2D eigenvalue weighted by Crippen LogP contribution is 2.33. The molecule has 134 valence electrons. The smallest absolute Gasteiger partial charge is 0.171 e. The third-order valence-electron chi connectivity index (χ3n) is 4.63. The van der Waals surface area contributed by atoms with Crippen LogP contribution < -0.4 is 9.47 Å². The van der Waals surface area contributed by atoms with E-state index in [1.807, 2.05) is 0 Å². The first-order valence-corrected chi connectivity index (χ1v) is 10.5. The van der Waals surface area contributed by atoms with Gasteiger partial charge in [0.2, 0.25) is 0 Å². The summed E-state index contributed by atoms with van der Waals surface area (Å²) in [5.41, 5.74) is 0. The van der Waals surface area contributed by atoms with Crippen molar-refractivity contribution < 1.29 is 9.47 Å². The third-order valence-corrected chi connectivity index (χ3v) is 5.33. The molecular weight excluding hydrogens is 304 g/mol. The van der Waals surface area contributed by atoms with Gasteiger partial charge in [0.15, 0.2) is 11.5 Å². The van der Waals surface area contributed by atoms with Crippen LogP contribution in [-0.2, 0) is 0 Å². The van der Waals surface area contributed by atoms with Crippen LogP contribution >= 0.6 is 11.3 Å². The summed E-state index contributed by atoms with van der Waals surface area (Å²) in [7, 11) is 0. The standard InChI is InChI=1S/C20H36O2S/c1-5-9-11-17(7-3)13-21-19-15-23-16-20(19)22-14-18(8-4)12-10-6-2/h15-18H,5-14H2,1-4H3. The molecule has 0 amide bonds. The lowest BCUT2D eigenvalue weighted by molar-refractivity contribution is 0.200. The molecule has 0 aliphatic heterocycles. The Morgan fingerprint density at radius 3 is 1.57 bits per heavy atom. The van der Waals surface area contributed by atoms with Crippen LogP contribution in [0.4, 0.5) is 0 Å². The Morgan fingerprint density at radius 2 is 1.22 bits per heavy atom. The molecule has 0 radical (unpaired) electrons. The Bertz CT molecular complexity index is 354. The molecule has 2 atom stereocenters. The molecule has 0 N–H and O–H groups in total. The molecule has 0 saturated carbocycles. The Balaban J connectivity index is 2.42. The molecule has 0 aliphatic rings. The van der Waals surface area contributed by atoms with Crippen molar-refractivity contribution in [3.8, 4) is 11.5 Å². The lowest BCUT2D eigenvalue weighted by Gasteiger charge is -2.18. The SMILES string of the molecule is CCCCC(CC)COc1cscc1OCC(CC)CCCC. The lowest BCUT2D eigenvalue weighted by atomic mass is 10.0. The van der Waals surface area contributed by atoms with E-state index in [-0.39, 0.29) is 0 Å². The van der Waals surface area contributed by atoms with Crippen LogP contribution in [0.1, 0.15) is 79.1 Å². The van der Waals surface area contributed by atoms with Gasteiger partial charge < -0.3 is 9.47 Å². The molecular formula is C20H36O2S.